The second kappa shape index (κ2) is 2.41. The molecule has 1 atom stereocenters. The first-order chi connectivity index (χ1) is 4.61. The monoisotopic (exact) mass is 135 g/mol. The lowest BCUT2D eigenvalue weighted by molar-refractivity contribution is 0.957. The van der Waals surface area contributed by atoms with E-state index in [1.807, 2.05) is 6.92 Å². The van der Waals surface area contributed by atoms with Crippen LogP contribution in [-0.4, -0.2) is 5.71 Å². The molecule has 0 saturated carbocycles. The lowest BCUT2D eigenvalue weighted by Crippen LogP contribution is -2.12. The second-order valence-corrected chi connectivity index (χ2v) is 2.94. The third kappa shape index (κ3) is 1.18. The minimum absolute atomic E-state index is 0.310. The molecule has 54 valence electrons. The van der Waals surface area contributed by atoms with E-state index >= 15 is 0 Å². The van der Waals surface area contributed by atoms with E-state index in [0.29, 0.717) is 5.92 Å². The SMILES string of the molecule is CC1=CC(C)C(=N)C(C)=C1. The van der Waals surface area contributed by atoms with Gasteiger partial charge in [-0.2, -0.15) is 0 Å². The van der Waals surface area contributed by atoms with Crippen molar-refractivity contribution in [3.05, 3.63) is 23.3 Å². The molecule has 1 heteroatoms. The van der Waals surface area contributed by atoms with E-state index in [9.17, 15) is 0 Å². The predicted octanol–water partition coefficient (Wildman–Crippen LogP) is 2.55. The van der Waals surface area contributed by atoms with Crippen LogP contribution in [0.25, 0.3) is 0 Å². The minimum atomic E-state index is 0.310. The topological polar surface area (TPSA) is 23.9 Å². The van der Waals surface area contributed by atoms with Crippen molar-refractivity contribution in [1.29, 1.82) is 5.41 Å². The molecule has 0 radical (unpaired) electrons. The summed E-state index contributed by atoms with van der Waals surface area (Å²) in [5.41, 5.74) is 3.14. The van der Waals surface area contributed by atoms with Crippen LogP contribution in [0.5, 0.6) is 0 Å². The summed E-state index contributed by atoms with van der Waals surface area (Å²) in [6, 6.07) is 0. The molecule has 1 aliphatic rings. The highest BCUT2D eigenvalue weighted by Gasteiger charge is 2.11. The normalized spacial score (nSPS) is 25.9. The van der Waals surface area contributed by atoms with Crippen molar-refractivity contribution >= 4 is 5.71 Å². The van der Waals surface area contributed by atoms with Crippen molar-refractivity contribution in [2.24, 2.45) is 5.92 Å². The van der Waals surface area contributed by atoms with Gasteiger partial charge >= 0.3 is 0 Å². The summed E-state index contributed by atoms with van der Waals surface area (Å²) in [6.45, 7) is 6.13. The third-order valence-electron chi connectivity index (χ3n) is 1.84. The Morgan fingerprint density at radius 2 is 2.00 bits per heavy atom. The summed E-state index contributed by atoms with van der Waals surface area (Å²) in [4.78, 5) is 0. The van der Waals surface area contributed by atoms with Gasteiger partial charge in [0.25, 0.3) is 0 Å². The first kappa shape index (κ1) is 7.26. The Hall–Kier alpha value is -0.850. The lowest BCUT2D eigenvalue weighted by Gasteiger charge is -2.15. The molecule has 0 aromatic carbocycles. The minimum Gasteiger partial charge on any atom is -0.304 e. The molecular formula is C9H13N. The summed E-state index contributed by atoms with van der Waals surface area (Å²) in [7, 11) is 0. The molecule has 0 fully saturated rings. The molecular weight excluding hydrogens is 122 g/mol. The highest BCUT2D eigenvalue weighted by molar-refractivity contribution is 6.01. The summed E-state index contributed by atoms with van der Waals surface area (Å²) >= 11 is 0. The molecule has 1 aliphatic carbocycles. The maximum atomic E-state index is 7.58. The van der Waals surface area contributed by atoms with Crippen molar-refractivity contribution in [2.75, 3.05) is 0 Å². The number of hydrogen-bond donors (Lipinski definition) is 1. The number of hydrogen-bond acceptors (Lipinski definition) is 1. The average Bonchev–Trinajstić information content (AvgIpc) is 1.82. The molecule has 1 unspecified atom stereocenters. The predicted molar refractivity (Wildman–Crippen MR) is 44.4 cm³/mol. The zero-order valence-electron chi connectivity index (χ0n) is 6.73. The van der Waals surface area contributed by atoms with E-state index in [0.717, 1.165) is 11.3 Å². The average molecular weight is 135 g/mol. The van der Waals surface area contributed by atoms with E-state index < -0.39 is 0 Å². The van der Waals surface area contributed by atoms with Crippen LogP contribution in [0, 0.1) is 11.3 Å². The van der Waals surface area contributed by atoms with E-state index in [1.54, 1.807) is 0 Å². The van der Waals surface area contributed by atoms with Crippen LogP contribution in [-0.2, 0) is 0 Å². The van der Waals surface area contributed by atoms with Crippen molar-refractivity contribution in [2.45, 2.75) is 20.8 Å². The molecule has 1 rings (SSSR count). The Bertz CT molecular complexity index is 221. The van der Waals surface area contributed by atoms with E-state index in [-0.39, 0.29) is 0 Å². The van der Waals surface area contributed by atoms with Gasteiger partial charge in [0.05, 0.1) is 0 Å². The highest BCUT2D eigenvalue weighted by atomic mass is 14.4. The fraction of sp³-hybridized carbons (Fsp3) is 0.444. The second-order valence-electron chi connectivity index (χ2n) is 2.94. The van der Waals surface area contributed by atoms with Crippen LogP contribution in [0.2, 0.25) is 0 Å². The summed E-state index contributed by atoms with van der Waals surface area (Å²) in [5, 5.41) is 7.58. The van der Waals surface area contributed by atoms with Gasteiger partial charge in [-0.25, -0.2) is 0 Å². The zero-order chi connectivity index (χ0) is 7.72. The Morgan fingerprint density at radius 1 is 1.40 bits per heavy atom. The van der Waals surface area contributed by atoms with Crippen LogP contribution in [0.3, 0.4) is 0 Å². The Morgan fingerprint density at radius 3 is 2.50 bits per heavy atom. The van der Waals surface area contributed by atoms with Crippen molar-refractivity contribution in [3.8, 4) is 0 Å². The van der Waals surface area contributed by atoms with Gasteiger partial charge in [0.2, 0.25) is 0 Å². The van der Waals surface area contributed by atoms with Crippen LogP contribution >= 0.6 is 0 Å². The first-order valence-electron chi connectivity index (χ1n) is 3.57. The highest BCUT2D eigenvalue weighted by Crippen LogP contribution is 2.17. The molecule has 0 aromatic rings. The van der Waals surface area contributed by atoms with Gasteiger partial charge < -0.3 is 5.41 Å². The zero-order valence-corrected chi connectivity index (χ0v) is 6.73. The van der Waals surface area contributed by atoms with Crippen LogP contribution in [0.15, 0.2) is 23.3 Å². The molecule has 1 nitrogen and oxygen atoms in total. The van der Waals surface area contributed by atoms with E-state index in [4.69, 9.17) is 5.41 Å². The Kier molecular flexibility index (Phi) is 1.75. The number of rotatable bonds is 0. The largest absolute Gasteiger partial charge is 0.304 e. The molecule has 10 heavy (non-hydrogen) atoms. The third-order valence-corrected chi connectivity index (χ3v) is 1.84. The molecule has 0 aromatic heterocycles. The van der Waals surface area contributed by atoms with Gasteiger partial charge in [-0.1, -0.05) is 24.6 Å². The van der Waals surface area contributed by atoms with E-state index in [1.165, 1.54) is 5.57 Å². The molecule has 1 N–H and O–H groups in total. The Balaban J connectivity index is 2.95. The fourth-order valence-electron chi connectivity index (χ4n) is 1.30. The molecule has 0 heterocycles. The van der Waals surface area contributed by atoms with E-state index in [2.05, 4.69) is 26.0 Å². The van der Waals surface area contributed by atoms with Crippen molar-refractivity contribution in [3.63, 3.8) is 0 Å². The fourth-order valence-corrected chi connectivity index (χ4v) is 1.30. The van der Waals surface area contributed by atoms with Crippen LogP contribution < -0.4 is 0 Å². The van der Waals surface area contributed by atoms with Gasteiger partial charge in [0, 0.05) is 11.6 Å². The molecule has 0 aliphatic heterocycles. The number of nitrogens with one attached hydrogen (secondary N) is 1. The lowest BCUT2D eigenvalue weighted by atomic mass is 9.91. The van der Waals surface area contributed by atoms with Gasteiger partial charge in [-0.15, -0.1) is 0 Å². The van der Waals surface area contributed by atoms with Gasteiger partial charge in [-0.3, -0.25) is 0 Å². The molecule has 0 bridgehead atoms. The quantitative estimate of drug-likeness (QED) is 0.528. The molecule has 0 saturated heterocycles. The summed E-state index contributed by atoms with van der Waals surface area (Å²) < 4.78 is 0. The smallest absolute Gasteiger partial charge is 0.0409 e. The molecule has 0 amide bonds. The van der Waals surface area contributed by atoms with Crippen molar-refractivity contribution < 1.29 is 0 Å². The Labute approximate surface area is 62.0 Å². The van der Waals surface area contributed by atoms with Crippen LogP contribution in [0.4, 0.5) is 0 Å². The maximum Gasteiger partial charge on any atom is 0.0409 e. The summed E-state index contributed by atoms with van der Waals surface area (Å²) in [5.74, 6) is 0.310. The van der Waals surface area contributed by atoms with Gasteiger partial charge in [0.15, 0.2) is 0 Å². The first-order valence-corrected chi connectivity index (χ1v) is 3.57. The standard InChI is InChI=1S/C9H13N/c1-6-4-7(2)9(10)8(3)5-6/h4-5,7,10H,1-3H3. The maximum absolute atomic E-state index is 7.58. The van der Waals surface area contributed by atoms with Gasteiger partial charge in [0.1, 0.15) is 0 Å². The van der Waals surface area contributed by atoms with Crippen LogP contribution in [0.1, 0.15) is 20.8 Å². The number of allylic oxidation sites excluding steroid dienone is 4. The van der Waals surface area contributed by atoms with Crippen molar-refractivity contribution in [1.82, 2.24) is 0 Å². The van der Waals surface area contributed by atoms with Gasteiger partial charge in [-0.05, 0) is 19.4 Å². The summed E-state index contributed by atoms with van der Waals surface area (Å²) in [6.07, 6.45) is 4.18. The molecule has 0 spiro atoms.